The molecule has 0 bridgehead atoms. The monoisotopic (exact) mass is 440 g/mol. The highest BCUT2D eigenvalue weighted by Crippen LogP contribution is 2.33. The van der Waals surface area contributed by atoms with Gasteiger partial charge in [0.2, 0.25) is 6.79 Å². The molecule has 1 amide bonds. The Morgan fingerprint density at radius 3 is 2.55 bits per heavy atom. The van der Waals surface area contributed by atoms with Crippen LogP contribution >= 0.6 is 0 Å². The predicted octanol–water partition coefficient (Wildman–Crippen LogP) is 5.53. The van der Waals surface area contributed by atoms with Crippen LogP contribution in [0.25, 0.3) is 11.3 Å². The molecule has 6 heteroatoms. The number of rotatable bonds is 6. The van der Waals surface area contributed by atoms with Crippen molar-refractivity contribution in [2.45, 2.75) is 26.9 Å². The molecule has 0 radical (unpaired) electrons. The molecule has 0 atom stereocenters. The summed E-state index contributed by atoms with van der Waals surface area (Å²) in [6.07, 6.45) is 0. The Balaban J connectivity index is 1.42. The van der Waals surface area contributed by atoms with Crippen LogP contribution in [0.2, 0.25) is 0 Å². The second-order valence-electron chi connectivity index (χ2n) is 8.22. The van der Waals surface area contributed by atoms with Crippen LogP contribution < -0.4 is 9.47 Å². The number of aryl methyl sites for hydroxylation is 2. The number of ether oxygens (including phenoxy) is 2. The van der Waals surface area contributed by atoms with Gasteiger partial charge in [0.25, 0.3) is 5.91 Å². The topological polar surface area (TPSA) is 64.8 Å². The van der Waals surface area contributed by atoms with E-state index in [0.717, 1.165) is 16.7 Å². The summed E-state index contributed by atoms with van der Waals surface area (Å²) < 4.78 is 16.6. The third kappa shape index (κ3) is 4.46. The Kier molecular flexibility index (Phi) is 5.57. The van der Waals surface area contributed by atoms with Gasteiger partial charge in [0, 0.05) is 23.7 Å². The summed E-state index contributed by atoms with van der Waals surface area (Å²) in [5.74, 6) is 2.02. The normalized spacial score (nSPS) is 12.1. The number of fused-ring (bicyclic) bond motifs is 1. The second kappa shape index (κ2) is 8.82. The summed E-state index contributed by atoms with van der Waals surface area (Å²) >= 11 is 0. The summed E-state index contributed by atoms with van der Waals surface area (Å²) in [4.78, 5) is 15.1. The molecule has 0 saturated carbocycles. The molecule has 3 aromatic carbocycles. The third-order valence-electron chi connectivity index (χ3n) is 5.68. The van der Waals surface area contributed by atoms with Gasteiger partial charge in [0.15, 0.2) is 17.3 Å². The fourth-order valence-electron chi connectivity index (χ4n) is 4.02. The Morgan fingerprint density at radius 1 is 0.909 bits per heavy atom. The van der Waals surface area contributed by atoms with Crippen molar-refractivity contribution >= 4 is 5.91 Å². The Bertz CT molecular complexity index is 1300. The fraction of sp³-hybridized carbons (Fsp3) is 0.185. The zero-order chi connectivity index (χ0) is 22.8. The molecule has 0 saturated heterocycles. The maximum atomic E-state index is 13.4. The minimum absolute atomic E-state index is 0.0793. The molecule has 33 heavy (non-hydrogen) atoms. The van der Waals surface area contributed by atoms with Crippen molar-refractivity contribution < 1.29 is 18.8 Å². The molecule has 6 nitrogen and oxygen atoms in total. The van der Waals surface area contributed by atoms with Crippen LogP contribution in [0.3, 0.4) is 0 Å². The molecule has 0 spiro atoms. The highest BCUT2D eigenvalue weighted by atomic mass is 16.7. The van der Waals surface area contributed by atoms with E-state index in [-0.39, 0.29) is 12.7 Å². The zero-order valence-electron chi connectivity index (χ0n) is 18.6. The first-order valence-electron chi connectivity index (χ1n) is 10.8. The lowest BCUT2D eigenvalue weighted by Crippen LogP contribution is -2.30. The molecular weight excluding hydrogens is 416 g/mol. The minimum Gasteiger partial charge on any atom is -0.454 e. The molecule has 0 N–H and O–H groups in total. The van der Waals surface area contributed by atoms with Crippen LogP contribution in [0.15, 0.2) is 77.3 Å². The first-order chi connectivity index (χ1) is 16.1. The average molecular weight is 440 g/mol. The summed E-state index contributed by atoms with van der Waals surface area (Å²) in [5.41, 5.74) is 5.57. The van der Waals surface area contributed by atoms with Gasteiger partial charge in [-0.15, -0.1) is 0 Å². The van der Waals surface area contributed by atoms with Gasteiger partial charge in [0.05, 0.1) is 6.54 Å². The molecular formula is C27H24N2O4. The SMILES string of the molecule is Cc1ccc(-c2cc(CN(Cc3ccc4c(c3)OCO4)C(=O)c3ccccc3)no2)c(C)c1. The van der Waals surface area contributed by atoms with Gasteiger partial charge in [0.1, 0.15) is 5.69 Å². The molecule has 166 valence electrons. The molecule has 1 aliphatic heterocycles. The van der Waals surface area contributed by atoms with Crippen molar-refractivity contribution in [3.63, 3.8) is 0 Å². The van der Waals surface area contributed by atoms with E-state index in [1.165, 1.54) is 5.56 Å². The van der Waals surface area contributed by atoms with E-state index in [9.17, 15) is 4.79 Å². The zero-order valence-corrected chi connectivity index (χ0v) is 18.6. The van der Waals surface area contributed by atoms with E-state index >= 15 is 0 Å². The standard InChI is InChI=1S/C27H24N2O4/c1-18-8-10-23(19(2)12-18)25-14-22(28-33-25)16-29(27(30)21-6-4-3-5-7-21)15-20-9-11-24-26(13-20)32-17-31-24/h3-14H,15-17H2,1-2H3. The van der Waals surface area contributed by atoms with Crippen LogP contribution in [0.1, 0.15) is 32.7 Å². The fourth-order valence-corrected chi connectivity index (χ4v) is 4.02. The number of benzene rings is 3. The molecule has 0 fully saturated rings. The quantitative estimate of drug-likeness (QED) is 0.394. The number of nitrogens with zero attached hydrogens (tertiary/aromatic N) is 2. The second-order valence-corrected chi connectivity index (χ2v) is 8.22. The van der Waals surface area contributed by atoms with Gasteiger partial charge in [-0.1, -0.05) is 53.2 Å². The Labute approximate surface area is 192 Å². The van der Waals surface area contributed by atoms with Crippen molar-refractivity contribution in [2.75, 3.05) is 6.79 Å². The van der Waals surface area contributed by atoms with Crippen LogP contribution in [-0.4, -0.2) is 22.8 Å². The lowest BCUT2D eigenvalue weighted by molar-refractivity contribution is 0.0726. The summed E-state index contributed by atoms with van der Waals surface area (Å²) in [6.45, 7) is 5.04. The molecule has 4 aromatic rings. The average Bonchev–Trinajstić information content (AvgIpc) is 3.48. The number of hydrogen-bond acceptors (Lipinski definition) is 5. The highest BCUT2D eigenvalue weighted by Gasteiger charge is 2.21. The van der Waals surface area contributed by atoms with Crippen molar-refractivity contribution in [1.29, 1.82) is 0 Å². The van der Waals surface area contributed by atoms with Gasteiger partial charge in [-0.25, -0.2) is 0 Å². The number of carbonyl (C=O) groups excluding carboxylic acids is 1. The lowest BCUT2D eigenvalue weighted by atomic mass is 10.0. The number of hydrogen-bond donors (Lipinski definition) is 0. The van der Waals surface area contributed by atoms with Gasteiger partial charge >= 0.3 is 0 Å². The predicted molar refractivity (Wildman–Crippen MR) is 124 cm³/mol. The Morgan fingerprint density at radius 2 is 1.73 bits per heavy atom. The first-order valence-corrected chi connectivity index (χ1v) is 10.8. The van der Waals surface area contributed by atoms with Crippen molar-refractivity contribution in [2.24, 2.45) is 0 Å². The van der Waals surface area contributed by atoms with Crippen LogP contribution in [0, 0.1) is 13.8 Å². The van der Waals surface area contributed by atoms with E-state index in [2.05, 4.69) is 31.1 Å². The molecule has 0 aliphatic carbocycles. The van der Waals surface area contributed by atoms with E-state index < -0.39 is 0 Å². The summed E-state index contributed by atoms with van der Waals surface area (Å²) in [6, 6.07) is 23.1. The highest BCUT2D eigenvalue weighted by molar-refractivity contribution is 5.94. The number of amides is 1. The Hall–Kier alpha value is -4.06. The van der Waals surface area contributed by atoms with Crippen LogP contribution in [-0.2, 0) is 13.1 Å². The van der Waals surface area contributed by atoms with Crippen LogP contribution in [0.5, 0.6) is 11.5 Å². The molecule has 1 aliphatic rings. The van der Waals surface area contributed by atoms with Gasteiger partial charge < -0.3 is 18.9 Å². The number of aromatic nitrogens is 1. The van der Waals surface area contributed by atoms with Gasteiger partial charge in [-0.3, -0.25) is 4.79 Å². The van der Waals surface area contributed by atoms with E-state index in [4.69, 9.17) is 14.0 Å². The minimum atomic E-state index is -0.0793. The van der Waals surface area contributed by atoms with Crippen LogP contribution in [0.4, 0.5) is 0 Å². The maximum Gasteiger partial charge on any atom is 0.254 e. The molecule has 0 unspecified atom stereocenters. The lowest BCUT2D eigenvalue weighted by Gasteiger charge is -2.22. The largest absolute Gasteiger partial charge is 0.454 e. The first kappa shape index (κ1) is 20.8. The van der Waals surface area contributed by atoms with Gasteiger partial charge in [-0.05, 0) is 49.2 Å². The molecule has 5 rings (SSSR count). The van der Waals surface area contributed by atoms with E-state index in [1.54, 1.807) is 4.90 Å². The molecule has 2 heterocycles. The van der Waals surface area contributed by atoms with Crippen molar-refractivity contribution in [1.82, 2.24) is 10.1 Å². The summed E-state index contributed by atoms with van der Waals surface area (Å²) in [5, 5.41) is 4.26. The number of carbonyl (C=O) groups is 1. The van der Waals surface area contributed by atoms with Gasteiger partial charge in [-0.2, -0.15) is 0 Å². The van der Waals surface area contributed by atoms with E-state index in [0.29, 0.717) is 41.6 Å². The van der Waals surface area contributed by atoms with E-state index in [1.807, 2.05) is 60.7 Å². The summed E-state index contributed by atoms with van der Waals surface area (Å²) in [7, 11) is 0. The van der Waals surface area contributed by atoms with Crippen molar-refractivity contribution in [3.05, 3.63) is 101 Å². The molecule has 1 aromatic heterocycles. The third-order valence-corrected chi connectivity index (χ3v) is 5.68. The smallest absolute Gasteiger partial charge is 0.254 e. The maximum absolute atomic E-state index is 13.4. The van der Waals surface area contributed by atoms with Crippen molar-refractivity contribution in [3.8, 4) is 22.8 Å².